The van der Waals surface area contributed by atoms with Crippen molar-refractivity contribution >= 4 is 5.97 Å². The van der Waals surface area contributed by atoms with Crippen LogP contribution in [-0.4, -0.2) is 17.6 Å². The molecule has 0 atom stereocenters. The number of hydrogen-bond acceptors (Lipinski definition) is 2. The van der Waals surface area contributed by atoms with Crippen molar-refractivity contribution in [2.75, 3.05) is 6.61 Å². The molecular weight excluding hydrogens is 369 g/mol. The average Bonchev–Trinajstić information content (AvgIpc) is 3.10. The Labute approximate surface area is 150 Å². The smallest absolute Gasteiger partial charge is 0.355 e. The molecule has 140 valence electrons. The van der Waals surface area contributed by atoms with Gasteiger partial charge in [0, 0.05) is 17.3 Å². The van der Waals surface area contributed by atoms with Crippen LogP contribution in [0.25, 0.3) is 22.3 Å². The molecule has 1 N–H and O–H groups in total. The topological polar surface area (TPSA) is 42.1 Å². The second kappa shape index (κ2) is 7.22. The Balaban J connectivity index is 2.35. The van der Waals surface area contributed by atoms with Gasteiger partial charge < -0.3 is 9.72 Å². The molecule has 0 aliphatic carbocycles. The van der Waals surface area contributed by atoms with Crippen LogP contribution in [-0.2, 0) is 4.74 Å². The first-order valence-corrected chi connectivity index (χ1v) is 7.84. The third-order valence-corrected chi connectivity index (χ3v) is 3.90. The number of esters is 1. The zero-order chi connectivity index (χ0) is 19.7. The lowest BCUT2D eigenvalue weighted by Crippen LogP contribution is -2.07. The quantitative estimate of drug-likeness (QED) is 0.291. The first-order chi connectivity index (χ1) is 12.9. The number of rotatable bonds is 4. The first-order valence-electron chi connectivity index (χ1n) is 7.84. The summed E-state index contributed by atoms with van der Waals surface area (Å²) < 4.78 is 74.1. The minimum absolute atomic E-state index is 0.0303. The SMILES string of the molecule is CCOC(=O)c1[nH]cc(-c2c(F)c(F)c(F)c(F)c2F)c1-c1ccccc1. The number of hydrogen-bond donors (Lipinski definition) is 1. The standard InChI is InChI=1S/C19H12F5NO2/c1-2-27-19(26)18-11(9-6-4-3-5-7-9)10(8-25-18)12-13(20)15(22)17(24)16(23)14(12)21/h3-8,25H,2H2,1H3. The molecular formula is C19H12F5NO2. The van der Waals surface area contributed by atoms with Gasteiger partial charge in [-0.05, 0) is 12.5 Å². The van der Waals surface area contributed by atoms with E-state index in [1.807, 2.05) is 0 Å². The molecule has 0 aliphatic rings. The van der Waals surface area contributed by atoms with E-state index in [1.165, 1.54) is 12.1 Å². The Morgan fingerprint density at radius 3 is 2.00 bits per heavy atom. The fourth-order valence-corrected chi connectivity index (χ4v) is 2.73. The molecule has 0 amide bonds. The predicted octanol–water partition coefficient (Wildman–Crippen LogP) is 5.22. The number of carbonyl (C=O) groups is 1. The van der Waals surface area contributed by atoms with Crippen LogP contribution < -0.4 is 0 Å². The number of benzene rings is 2. The highest BCUT2D eigenvalue weighted by Gasteiger charge is 2.30. The minimum atomic E-state index is -2.25. The number of H-pyrrole nitrogens is 1. The van der Waals surface area contributed by atoms with Gasteiger partial charge in [-0.25, -0.2) is 26.7 Å². The first kappa shape index (κ1) is 18.6. The van der Waals surface area contributed by atoms with Gasteiger partial charge in [0.1, 0.15) is 5.69 Å². The van der Waals surface area contributed by atoms with Gasteiger partial charge in [-0.1, -0.05) is 30.3 Å². The summed E-state index contributed by atoms with van der Waals surface area (Å²) in [6.07, 6.45) is 1.01. The Morgan fingerprint density at radius 1 is 0.889 bits per heavy atom. The lowest BCUT2D eigenvalue weighted by molar-refractivity contribution is 0.0521. The highest BCUT2D eigenvalue weighted by Crippen LogP contribution is 2.39. The van der Waals surface area contributed by atoms with Crippen molar-refractivity contribution in [3.05, 3.63) is 71.3 Å². The maximum Gasteiger partial charge on any atom is 0.355 e. The summed E-state index contributed by atoms with van der Waals surface area (Å²) in [4.78, 5) is 14.7. The molecule has 8 heteroatoms. The molecule has 0 spiro atoms. The fraction of sp³-hybridized carbons (Fsp3) is 0.105. The molecule has 27 heavy (non-hydrogen) atoms. The molecule has 3 aromatic rings. The van der Waals surface area contributed by atoms with E-state index in [0.29, 0.717) is 5.56 Å². The summed E-state index contributed by atoms with van der Waals surface area (Å²) in [6.45, 7) is 1.60. The van der Waals surface area contributed by atoms with Crippen LogP contribution in [0.3, 0.4) is 0 Å². The number of halogens is 5. The maximum absolute atomic E-state index is 14.3. The molecule has 2 aromatic carbocycles. The van der Waals surface area contributed by atoms with Crippen LogP contribution in [0.15, 0.2) is 36.5 Å². The highest BCUT2D eigenvalue weighted by atomic mass is 19.2. The van der Waals surface area contributed by atoms with Crippen LogP contribution in [0.2, 0.25) is 0 Å². The third-order valence-electron chi connectivity index (χ3n) is 3.90. The minimum Gasteiger partial charge on any atom is -0.461 e. The fourth-order valence-electron chi connectivity index (χ4n) is 2.73. The van der Waals surface area contributed by atoms with Gasteiger partial charge in [-0.15, -0.1) is 0 Å². The molecule has 3 rings (SSSR count). The van der Waals surface area contributed by atoms with Crippen molar-refractivity contribution in [1.82, 2.24) is 4.98 Å². The van der Waals surface area contributed by atoms with Gasteiger partial charge in [0.25, 0.3) is 0 Å². The monoisotopic (exact) mass is 381 g/mol. The summed E-state index contributed by atoms with van der Waals surface area (Å²) in [5.41, 5.74) is -1.34. The molecule has 0 saturated heterocycles. The van der Waals surface area contributed by atoms with E-state index >= 15 is 0 Å². The summed E-state index contributed by atoms with van der Waals surface area (Å²) in [7, 11) is 0. The normalized spacial score (nSPS) is 10.9. The van der Waals surface area contributed by atoms with E-state index in [2.05, 4.69) is 4.98 Å². The van der Waals surface area contributed by atoms with Crippen LogP contribution in [0.5, 0.6) is 0 Å². The van der Waals surface area contributed by atoms with Crippen LogP contribution in [0, 0.1) is 29.1 Å². The third kappa shape index (κ3) is 3.07. The number of ether oxygens (including phenoxy) is 1. The van der Waals surface area contributed by atoms with Gasteiger partial charge >= 0.3 is 5.97 Å². The number of nitrogens with one attached hydrogen (secondary N) is 1. The van der Waals surface area contributed by atoms with Crippen molar-refractivity contribution in [2.24, 2.45) is 0 Å². The second-order valence-corrected chi connectivity index (χ2v) is 5.48. The summed E-state index contributed by atoms with van der Waals surface area (Å²) in [5.74, 6) is -11.2. The molecule has 3 nitrogen and oxygen atoms in total. The number of aromatic nitrogens is 1. The van der Waals surface area contributed by atoms with E-state index < -0.39 is 40.6 Å². The van der Waals surface area contributed by atoms with E-state index in [-0.39, 0.29) is 23.4 Å². The Morgan fingerprint density at radius 2 is 1.44 bits per heavy atom. The van der Waals surface area contributed by atoms with Crippen molar-refractivity contribution in [3.63, 3.8) is 0 Å². The number of aromatic amines is 1. The molecule has 0 radical (unpaired) electrons. The van der Waals surface area contributed by atoms with Crippen molar-refractivity contribution in [2.45, 2.75) is 6.92 Å². The summed E-state index contributed by atoms with van der Waals surface area (Å²) in [5, 5.41) is 0. The maximum atomic E-state index is 14.3. The van der Waals surface area contributed by atoms with Crippen molar-refractivity contribution < 1.29 is 31.5 Å². The Kier molecular flexibility index (Phi) is 4.98. The van der Waals surface area contributed by atoms with Gasteiger partial charge in [0.2, 0.25) is 5.82 Å². The summed E-state index contributed by atoms with van der Waals surface area (Å²) >= 11 is 0. The largest absolute Gasteiger partial charge is 0.461 e. The zero-order valence-corrected chi connectivity index (χ0v) is 13.9. The number of carbonyl (C=O) groups excluding carboxylic acids is 1. The predicted molar refractivity (Wildman–Crippen MR) is 87.4 cm³/mol. The second-order valence-electron chi connectivity index (χ2n) is 5.48. The molecule has 1 aromatic heterocycles. The Bertz CT molecular complexity index is 986. The van der Waals surface area contributed by atoms with E-state index in [4.69, 9.17) is 4.74 Å². The average molecular weight is 381 g/mol. The van der Waals surface area contributed by atoms with E-state index in [0.717, 1.165) is 6.20 Å². The molecule has 0 bridgehead atoms. The van der Waals surface area contributed by atoms with Crippen LogP contribution in [0.4, 0.5) is 22.0 Å². The molecule has 0 fully saturated rings. The highest BCUT2D eigenvalue weighted by molar-refractivity contribution is 6.01. The van der Waals surface area contributed by atoms with Gasteiger partial charge in [0.05, 0.1) is 12.2 Å². The van der Waals surface area contributed by atoms with Crippen LogP contribution >= 0.6 is 0 Å². The van der Waals surface area contributed by atoms with E-state index in [9.17, 15) is 26.7 Å². The van der Waals surface area contributed by atoms with Gasteiger partial charge in [0.15, 0.2) is 23.3 Å². The molecule has 0 saturated carbocycles. The van der Waals surface area contributed by atoms with Crippen molar-refractivity contribution in [3.8, 4) is 22.3 Å². The molecule has 1 heterocycles. The summed E-state index contributed by atoms with van der Waals surface area (Å²) in [6, 6.07) is 7.92. The van der Waals surface area contributed by atoms with Crippen molar-refractivity contribution in [1.29, 1.82) is 0 Å². The van der Waals surface area contributed by atoms with Crippen LogP contribution in [0.1, 0.15) is 17.4 Å². The van der Waals surface area contributed by atoms with E-state index in [1.54, 1.807) is 25.1 Å². The Hall–Kier alpha value is -3.16. The lowest BCUT2D eigenvalue weighted by atomic mass is 9.95. The van der Waals surface area contributed by atoms with Gasteiger partial charge in [-0.3, -0.25) is 0 Å². The molecule has 0 unspecified atom stereocenters. The lowest BCUT2D eigenvalue weighted by Gasteiger charge is -2.11. The zero-order valence-electron chi connectivity index (χ0n) is 13.9. The van der Waals surface area contributed by atoms with Gasteiger partial charge in [-0.2, -0.15) is 0 Å². The molecule has 0 aliphatic heterocycles.